The van der Waals surface area contributed by atoms with Gasteiger partial charge in [0, 0.05) is 13.1 Å². The molecule has 1 aliphatic heterocycles. The first-order chi connectivity index (χ1) is 5.75. The van der Waals surface area contributed by atoms with Crippen molar-refractivity contribution in [3.8, 4) is 0 Å². The van der Waals surface area contributed by atoms with Crippen LogP contribution in [-0.4, -0.2) is 36.7 Å². The van der Waals surface area contributed by atoms with Crippen molar-refractivity contribution < 1.29 is 12.8 Å². The number of hydrogen-bond donors (Lipinski definition) is 0. The lowest BCUT2D eigenvalue weighted by molar-refractivity contribution is 0.340. The second kappa shape index (κ2) is 3.20. The molecule has 0 amide bonds. The van der Waals surface area contributed by atoms with Crippen molar-refractivity contribution in [3.05, 3.63) is 0 Å². The van der Waals surface area contributed by atoms with Crippen molar-refractivity contribution in [2.45, 2.75) is 38.1 Å². The first kappa shape index (κ1) is 10.9. The molecule has 0 aromatic rings. The predicted molar refractivity (Wildman–Crippen MR) is 49.8 cm³/mol. The van der Waals surface area contributed by atoms with E-state index in [0.717, 1.165) is 0 Å². The molecule has 1 atom stereocenters. The van der Waals surface area contributed by atoms with Gasteiger partial charge in [0.05, 0.1) is 4.75 Å². The Labute approximate surface area is 79.0 Å². The molecule has 0 spiro atoms. The topological polar surface area (TPSA) is 37.4 Å². The zero-order valence-corrected chi connectivity index (χ0v) is 9.07. The number of nitrogens with zero attached hydrogens (tertiary/aromatic N) is 1. The van der Waals surface area contributed by atoms with E-state index in [2.05, 4.69) is 0 Å². The zero-order valence-electron chi connectivity index (χ0n) is 8.25. The standard InChI is InChI=1S/C8H16FNO2S/c1-8(2,3)13(11,12)10-5-4-7(9)6-10/h7H,4-6H2,1-3H3/t7-/m0/s1. The fourth-order valence-electron chi connectivity index (χ4n) is 1.29. The molecule has 1 fully saturated rings. The van der Waals surface area contributed by atoms with E-state index in [0.29, 0.717) is 13.0 Å². The van der Waals surface area contributed by atoms with Gasteiger partial charge in [0.25, 0.3) is 0 Å². The fourth-order valence-corrected chi connectivity index (χ4v) is 2.77. The van der Waals surface area contributed by atoms with Crippen molar-refractivity contribution in [2.24, 2.45) is 0 Å². The second-order valence-electron chi connectivity index (χ2n) is 4.36. The third-order valence-electron chi connectivity index (χ3n) is 2.21. The van der Waals surface area contributed by atoms with Crippen LogP contribution in [-0.2, 0) is 10.0 Å². The minimum Gasteiger partial charge on any atom is -0.246 e. The Morgan fingerprint density at radius 3 is 2.23 bits per heavy atom. The normalized spacial score (nSPS) is 26.6. The van der Waals surface area contributed by atoms with Crippen LogP contribution in [0.2, 0.25) is 0 Å². The maximum Gasteiger partial charge on any atom is 0.219 e. The van der Waals surface area contributed by atoms with Crippen LogP contribution in [0.5, 0.6) is 0 Å². The maximum atomic E-state index is 12.8. The van der Waals surface area contributed by atoms with Crippen molar-refractivity contribution in [3.63, 3.8) is 0 Å². The van der Waals surface area contributed by atoms with E-state index < -0.39 is 20.9 Å². The van der Waals surface area contributed by atoms with E-state index in [9.17, 15) is 12.8 Å². The van der Waals surface area contributed by atoms with Gasteiger partial charge >= 0.3 is 0 Å². The summed E-state index contributed by atoms with van der Waals surface area (Å²) in [5.74, 6) is 0. The van der Waals surface area contributed by atoms with Gasteiger partial charge in [-0.1, -0.05) is 0 Å². The lowest BCUT2D eigenvalue weighted by atomic mass is 10.3. The molecule has 0 aliphatic carbocycles. The minimum absolute atomic E-state index is 0.0274. The third kappa shape index (κ3) is 2.02. The molecule has 0 aromatic heterocycles. The largest absolute Gasteiger partial charge is 0.246 e. The van der Waals surface area contributed by atoms with Crippen molar-refractivity contribution in [1.29, 1.82) is 0 Å². The summed E-state index contributed by atoms with van der Waals surface area (Å²) in [5.41, 5.74) is 0. The van der Waals surface area contributed by atoms with E-state index in [4.69, 9.17) is 0 Å². The van der Waals surface area contributed by atoms with Gasteiger partial charge in [0.1, 0.15) is 6.17 Å². The van der Waals surface area contributed by atoms with Crippen LogP contribution in [0, 0.1) is 0 Å². The van der Waals surface area contributed by atoms with Crippen molar-refractivity contribution in [1.82, 2.24) is 4.31 Å². The summed E-state index contributed by atoms with van der Waals surface area (Å²) in [6, 6.07) is 0. The quantitative estimate of drug-likeness (QED) is 0.650. The highest BCUT2D eigenvalue weighted by molar-refractivity contribution is 7.90. The van der Waals surface area contributed by atoms with Crippen LogP contribution >= 0.6 is 0 Å². The smallest absolute Gasteiger partial charge is 0.219 e. The molecular formula is C8H16FNO2S. The van der Waals surface area contributed by atoms with E-state index in [1.54, 1.807) is 20.8 Å². The lowest BCUT2D eigenvalue weighted by Crippen LogP contribution is -2.41. The van der Waals surface area contributed by atoms with E-state index in [1.165, 1.54) is 4.31 Å². The summed E-state index contributed by atoms with van der Waals surface area (Å²) in [4.78, 5) is 0. The molecule has 78 valence electrons. The molecule has 0 bridgehead atoms. The summed E-state index contributed by atoms with van der Waals surface area (Å²) in [6.07, 6.45) is -0.660. The molecule has 5 heteroatoms. The first-order valence-corrected chi connectivity index (χ1v) is 5.83. The van der Waals surface area contributed by atoms with Crippen LogP contribution in [0.4, 0.5) is 4.39 Å². The summed E-state index contributed by atoms with van der Waals surface area (Å²) >= 11 is 0. The predicted octanol–water partition coefficient (Wildman–Crippen LogP) is 1.16. The van der Waals surface area contributed by atoms with E-state index >= 15 is 0 Å². The Bertz CT molecular complexity index is 281. The number of halogens is 1. The molecule has 0 saturated carbocycles. The molecule has 0 N–H and O–H groups in total. The van der Waals surface area contributed by atoms with Crippen molar-refractivity contribution in [2.75, 3.05) is 13.1 Å². The minimum atomic E-state index is -3.32. The summed E-state index contributed by atoms with van der Waals surface area (Å²) in [7, 11) is -3.32. The molecular weight excluding hydrogens is 193 g/mol. The highest BCUT2D eigenvalue weighted by Gasteiger charge is 2.39. The van der Waals surface area contributed by atoms with Gasteiger partial charge in [-0.05, 0) is 27.2 Å². The van der Waals surface area contributed by atoms with Gasteiger partial charge in [0.15, 0.2) is 0 Å². The molecule has 1 heterocycles. The Hall–Kier alpha value is -0.160. The number of alkyl halides is 1. The molecule has 3 nitrogen and oxygen atoms in total. The monoisotopic (exact) mass is 209 g/mol. The molecule has 1 saturated heterocycles. The second-order valence-corrected chi connectivity index (χ2v) is 7.05. The SMILES string of the molecule is CC(C)(C)S(=O)(=O)N1CC[C@H](F)C1. The molecule has 0 radical (unpaired) electrons. The average Bonchev–Trinajstić information content (AvgIpc) is 2.33. The van der Waals surface area contributed by atoms with Crippen LogP contribution in [0.25, 0.3) is 0 Å². The Morgan fingerprint density at radius 2 is 1.92 bits per heavy atom. The zero-order chi connectivity index (χ0) is 10.3. The van der Waals surface area contributed by atoms with Gasteiger partial charge in [-0.3, -0.25) is 0 Å². The lowest BCUT2D eigenvalue weighted by Gasteiger charge is -2.26. The highest BCUT2D eigenvalue weighted by atomic mass is 32.2. The fraction of sp³-hybridized carbons (Fsp3) is 1.00. The Morgan fingerprint density at radius 1 is 1.38 bits per heavy atom. The Balaban J connectivity index is 2.84. The third-order valence-corrected chi connectivity index (χ3v) is 4.77. The van der Waals surface area contributed by atoms with E-state index in [-0.39, 0.29) is 6.54 Å². The molecule has 0 aromatic carbocycles. The van der Waals surface area contributed by atoms with Crippen LogP contribution in [0.3, 0.4) is 0 Å². The van der Waals surface area contributed by atoms with Gasteiger partial charge in [-0.15, -0.1) is 0 Å². The van der Waals surface area contributed by atoms with E-state index in [1.807, 2.05) is 0 Å². The van der Waals surface area contributed by atoms with Gasteiger partial charge in [-0.2, -0.15) is 4.31 Å². The molecule has 13 heavy (non-hydrogen) atoms. The average molecular weight is 209 g/mol. The molecule has 0 unspecified atom stereocenters. The van der Waals surface area contributed by atoms with Crippen LogP contribution in [0.15, 0.2) is 0 Å². The highest BCUT2D eigenvalue weighted by Crippen LogP contribution is 2.25. The van der Waals surface area contributed by atoms with Crippen LogP contribution in [0.1, 0.15) is 27.2 Å². The number of sulfonamides is 1. The number of rotatable bonds is 1. The van der Waals surface area contributed by atoms with Crippen molar-refractivity contribution >= 4 is 10.0 Å². The summed E-state index contributed by atoms with van der Waals surface area (Å²) in [5, 5.41) is 0. The summed E-state index contributed by atoms with van der Waals surface area (Å²) in [6.45, 7) is 5.25. The molecule has 1 aliphatic rings. The van der Waals surface area contributed by atoms with Crippen LogP contribution < -0.4 is 0 Å². The number of hydrogen-bond acceptors (Lipinski definition) is 2. The summed E-state index contributed by atoms with van der Waals surface area (Å²) < 4.78 is 36.7. The maximum absolute atomic E-state index is 12.8. The molecule has 1 rings (SSSR count). The van der Waals surface area contributed by atoms with Gasteiger partial charge in [-0.25, -0.2) is 12.8 Å². The Kier molecular flexibility index (Phi) is 2.69. The van der Waals surface area contributed by atoms with Gasteiger partial charge < -0.3 is 0 Å². The first-order valence-electron chi connectivity index (χ1n) is 4.39. The van der Waals surface area contributed by atoms with Gasteiger partial charge in [0.2, 0.25) is 10.0 Å².